The summed E-state index contributed by atoms with van der Waals surface area (Å²) in [4.78, 5) is 0. The van der Waals surface area contributed by atoms with E-state index in [-0.39, 0.29) is 0 Å². The van der Waals surface area contributed by atoms with E-state index in [9.17, 15) is 0 Å². The molecule has 0 aliphatic rings. The quantitative estimate of drug-likeness (QED) is 0.517. The van der Waals surface area contributed by atoms with Crippen LogP contribution in [0.1, 0.15) is 13.3 Å². The van der Waals surface area contributed by atoms with E-state index >= 15 is 0 Å². The Morgan fingerprint density at radius 3 is 2.80 bits per heavy atom. The van der Waals surface area contributed by atoms with Gasteiger partial charge in [-0.3, -0.25) is 0 Å². The Morgan fingerprint density at radius 2 is 2.30 bits per heavy atom. The fourth-order valence-corrected chi connectivity index (χ4v) is 0.759. The molecule has 0 aliphatic heterocycles. The Bertz CT molecular complexity index is 68.6. The first-order chi connectivity index (χ1) is 4.81. The van der Waals surface area contributed by atoms with Crippen molar-refractivity contribution >= 4 is 0 Å². The van der Waals surface area contributed by atoms with Crippen LogP contribution in [-0.4, -0.2) is 32.8 Å². The second-order valence-electron chi connectivity index (χ2n) is 2.45. The van der Waals surface area contributed by atoms with Crippen LogP contribution in [0.25, 0.3) is 0 Å². The summed E-state index contributed by atoms with van der Waals surface area (Å²) in [6, 6.07) is 0.441. The van der Waals surface area contributed by atoms with E-state index in [1.165, 1.54) is 0 Å². The van der Waals surface area contributed by atoms with Gasteiger partial charge in [-0.15, -0.1) is 0 Å². The van der Waals surface area contributed by atoms with Crippen molar-refractivity contribution in [2.75, 3.05) is 26.8 Å². The van der Waals surface area contributed by atoms with Crippen molar-refractivity contribution in [3.63, 3.8) is 0 Å². The average molecular weight is 146 g/mol. The maximum absolute atomic E-state index is 5.32. The third-order valence-electron chi connectivity index (χ3n) is 1.29. The lowest BCUT2D eigenvalue weighted by Gasteiger charge is -2.11. The summed E-state index contributed by atoms with van der Waals surface area (Å²) >= 11 is 0. The van der Waals surface area contributed by atoms with E-state index < -0.39 is 0 Å². The van der Waals surface area contributed by atoms with Gasteiger partial charge in [-0.1, -0.05) is 0 Å². The molecule has 62 valence electrons. The molecule has 0 radical (unpaired) electrons. The molecule has 0 aromatic carbocycles. The van der Waals surface area contributed by atoms with Gasteiger partial charge in [-0.05, 0) is 26.4 Å². The van der Waals surface area contributed by atoms with Gasteiger partial charge < -0.3 is 15.8 Å². The van der Waals surface area contributed by atoms with Gasteiger partial charge in [0.15, 0.2) is 0 Å². The van der Waals surface area contributed by atoms with Gasteiger partial charge in [0.25, 0.3) is 0 Å². The van der Waals surface area contributed by atoms with Gasteiger partial charge in [0.1, 0.15) is 0 Å². The van der Waals surface area contributed by atoms with Crippen molar-refractivity contribution in [3.8, 4) is 0 Å². The van der Waals surface area contributed by atoms with Crippen molar-refractivity contribution in [2.45, 2.75) is 19.4 Å². The predicted octanol–water partition coefficient (Wildman–Crippen LogP) is -0.0403. The zero-order valence-corrected chi connectivity index (χ0v) is 6.89. The zero-order chi connectivity index (χ0) is 7.82. The summed E-state index contributed by atoms with van der Waals surface area (Å²) in [5.41, 5.74) is 5.32. The second kappa shape index (κ2) is 6.99. The molecule has 0 heterocycles. The normalized spacial score (nSPS) is 13.5. The van der Waals surface area contributed by atoms with Crippen LogP contribution in [0.15, 0.2) is 0 Å². The largest absolute Gasteiger partial charge is 0.383 e. The van der Waals surface area contributed by atoms with Gasteiger partial charge in [-0.25, -0.2) is 0 Å². The molecule has 0 rings (SSSR count). The van der Waals surface area contributed by atoms with Gasteiger partial charge in [0.2, 0.25) is 0 Å². The third-order valence-corrected chi connectivity index (χ3v) is 1.29. The van der Waals surface area contributed by atoms with E-state index in [0.717, 1.165) is 26.1 Å². The molecule has 0 bridgehead atoms. The highest BCUT2D eigenvalue weighted by atomic mass is 16.5. The van der Waals surface area contributed by atoms with Crippen LogP contribution in [0, 0.1) is 0 Å². The lowest BCUT2D eigenvalue weighted by Crippen LogP contribution is -2.31. The van der Waals surface area contributed by atoms with Gasteiger partial charge in [0.05, 0.1) is 6.61 Å². The Labute approximate surface area is 62.9 Å². The minimum absolute atomic E-state index is 0.441. The maximum atomic E-state index is 5.32. The molecule has 0 spiro atoms. The Kier molecular flexibility index (Phi) is 6.91. The minimum Gasteiger partial charge on any atom is -0.383 e. The molecule has 0 aromatic heterocycles. The highest BCUT2D eigenvalue weighted by molar-refractivity contribution is 4.58. The highest BCUT2D eigenvalue weighted by Gasteiger charge is 1.96. The Hall–Kier alpha value is -0.120. The monoisotopic (exact) mass is 146 g/mol. The van der Waals surface area contributed by atoms with Gasteiger partial charge in [-0.2, -0.15) is 0 Å². The van der Waals surface area contributed by atoms with Crippen molar-refractivity contribution in [2.24, 2.45) is 5.73 Å². The summed E-state index contributed by atoms with van der Waals surface area (Å²) in [5, 5.41) is 3.28. The SMILES string of the molecule is COCC(C)NCCCN. The molecular weight excluding hydrogens is 128 g/mol. The fraction of sp³-hybridized carbons (Fsp3) is 1.00. The van der Waals surface area contributed by atoms with Crippen LogP contribution in [-0.2, 0) is 4.74 Å². The minimum atomic E-state index is 0.441. The van der Waals surface area contributed by atoms with Crippen LogP contribution in [0.3, 0.4) is 0 Å². The standard InChI is InChI=1S/C7H18N2O/c1-7(6-10-2)9-5-3-4-8/h7,9H,3-6,8H2,1-2H3. The molecule has 3 heteroatoms. The number of nitrogens with one attached hydrogen (secondary N) is 1. The molecule has 0 amide bonds. The number of methoxy groups -OCH3 is 1. The first-order valence-electron chi connectivity index (χ1n) is 3.73. The van der Waals surface area contributed by atoms with E-state index in [0.29, 0.717) is 6.04 Å². The smallest absolute Gasteiger partial charge is 0.0613 e. The number of nitrogens with two attached hydrogens (primary N) is 1. The summed E-state index contributed by atoms with van der Waals surface area (Å²) in [6.07, 6.45) is 1.04. The molecule has 0 aliphatic carbocycles. The number of ether oxygens (including phenoxy) is 1. The Balaban J connectivity index is 2.97. The van der Waals surface area contributed by atoms with Crippen molar-refractivity contribution in [1.29, 1.82) is 0 Å². The molecule has 1 unspecified atom stereocenters. The van der Waals surface area contributed by atoms with Crippen LogP contribution in [0.2, 0.25) is 0 Å². The summed E-state index contributed by atoms with van der Waals surface area (Å²) in [6.45, 7) is 4.61. The van der Waals surface area contributed by atoms with Crippen molar-refractivity contribution < 1.29 is 4.74 Å². The molecule has 0 saturated heterocycles. The van der Waals surface area contributed by atoms with Crippen LogP contribution < -0.4 is 11.1 Å². The fourth-order valence-electron chi connectivity index (χ4n) is 0.759. The molecule has 3 nitrogen and oxygen atoms in total. The van der Waals surface area contributed by atoms with Gasteiger partial charge in [0, 0.05) is 13.2 Å². The number of rotatable bonds is 6. The first kappa shape index (κ1) is 9.88. The first-order valence-corrected chi connectivity index (χ1v) is 3.73. The third kappa shape index (κ3) is 6.01. The molecule has 10 heavy (non-hydrogen) atoms. The van der Waals surface area contributed by atoms with E-state index in [1.54, 1.807) is 7.11 Å². The van der Waals surface area contributed by atoms with Crippen molar-refractivity contribution in [3.05, 3.63) is 0 Å². The van der Waals surface area contributed by atoms with Crippen LogP contribution in [0.4, 0.5) is 0 Å². The summed E-state index contributed by atoms with van der Waals surface area (Å²) < 4.78 is 4.94. The van der Waals surface area contributed by atoms with Crippen LogP contribution in [0.5, 0.6) is 0 Å². The lowest BCUT2D eigenvalue weighted by atomic mass is 10.3. The maximum Gasteiger partial charge on any atom is 0.0613 e. The molecule has 0 saturated carbocycles. The zero-order valence-electron chi connectivity index (χ0n) is 6.89. The number of hydrogen-bond acceptors (Lipinski definition) is 3. The molecule has 1 atom stereocenters. The summed E-state index contributed by atoms with van der Waals surface area (Å²) in [7, 11) is 1.71. The topological polar surface area (TPSA) is 47.3 Å². The summed E-state index contributed by atoms with van der Waals surface area (Å²) in [5.74, 6) is 0. The second-order valence-corrected chi connectivity index (χ2v) is 2.45. The molecule has 0 aromatic rings. The molecule has 3 N–H and O–H groups in total. The molecular formula is C7H18N2O. The highest BCUT2D eigenvalue weighted by Crippen LogP contribution is 1.81. The van der Waals surface area contributed by atoms with Gasteiger partial charge >= 0.3 is 0 Å². The molecule has 0 fully saturated rings. The van der Waals surface area contributed by atoms with Crippen molar-refractivity contribution in [1.82, 2.24) is 5.32 Å². The average Bonchev–Trinajstić information content (AvgIpc) is 1.89. The van der Waals surface area contributed by atoms with E-state index in [2.05, 4.69) is 12.2 Å². The Morgan fingerprint density at radius 1 is 1.60 bits per heavy atom. The number of hydrogen-bond donors (Lipinski definition) is 2. The van der Waals surface area contributed by atoms with E-state index in [4.69, 9.17) is 10.5 Å². The van der Waals surface area contributed by atoms with E-state index in [1.807, 2.05) is 0 Å². The lowest BCUT2D eigenvalue weighted by molar-refractivity contribution is 0.172. The predicted molar refractivity (Wildman–Crippen MR) is 43.0 cm³/mol. The van der Waals surface area contributed by atoms with Crippen LogP contribution >= 0.6 is 0 Å².